The van der Waals surface area contributed by atoms with Crippen LogP contribution in [-0.4, -0.2) is 6.21 Å². The molecule has 0 bridgehead atoms. The third kappa shape index (κ3) is 2.84. The minimum atomic E-state index is -1.47. The van der Waals surface area contributed by atoms with Crippen molar-refractivity contribution >= 4 is 51.8 Å². The van der Waals surface area contributed by atoms with Gasteiger partial charge in [-0.2, -0.15) is 5.10 Å². The lowest BCUT2D eigenvalue weighted by molar-refractivity contribution is 0.442. The fraction of sp³-hybridized carbons (Fsp3) is 0.267. The monoisotopic (exact) mass is 341 g/mol. The van der Waals surface area contributed by atoms with Gasteiger partial charge in [0.25, 0.3) is 0 Å². The Kier molecular flexibility index (Phi) is 4.02. The number of fused-ring (bicyclic) bond motifs is 1. The molecule has 0 fully saturated rings. The summed E-state index contributed by atoms with van der Waals surface area (Å²) in [4.78, 5) is 0. The van der Waals surface area contributed by atoms with Crippen LogP contribution >= 0.6 is 34.8 Å². The predicted molar refractivity (Wildman–Crippen MR) is 90.0 cm³/mol. The fourth-order valence-corrected chi connectivity index (χ4v) is 3.23. The molecule has 2 aromatic rings. The Bertz CT molecular complexity index is 707. The molecule has 2 N–H and O–H groups in total. The Balaban J connectivity index is 2.32. The predicted octanol–water partition coefficient (Wildman–Crippen LogP) is 4.50. The number of aryl methyl sites for hydroxylation is 1. The van der Waals surface area contributed by atoms with Gasteiger partial charge in [0.1, 0.15) is 0 Å². The third-order valence-electron chi connectivity index (χ3n) is 3.68. The van der Waals surface area contributed by atoms with Crippen molar-refractivity contribution in [2.75, 3.05) is 0 Å². The lowest BCUT2D eigenvalue weighted by Gasteiger charge is -2.27. The van der Waals surface area contributed by atoms with Gasteiger partial charge >= 0.3 is 0 Å². The molecule has 3 rings (SSSR count). The number of alkyl halides is 3. The van der Waals surface area contributed by atoms with Crippen LogP contribution in [0.25, 0.3) is 10.8 Å². The molecule has 0 radical (unpaired) electrons. The number of rotatable bonds is 1. The Morgan fingerprint density at radius 3 is 2.52 bits per heavy atom. The van der Waals surface area contributed by atoms with Crippen LogP contribution in [0, 0.1) is 6.92 Å². The van der Waals surface area contributed by atoms with E-state index in [4.69, 9.17) is 34.8 Å². The molecule has 0 spiro atoms. The zero-order valence-electron chi connectivity index (χ0n) is 11.3. The second-order valence-electron chi connectivity index (χ2n) is 5.05. The van der Waals surface area contributed by atoms with Crippen molar-refractivity contribution in [3.63, 3.8) is 0 Å². The molecule has 1 atom stereocenters. The van der Waals surface area contributed by atoms with Crippen LogP contribution in [0.5, 0.6) is 0 Å². The second-order valence-corrected chi connectivity index (χ2v) is 7.34. The van der Waals surface area contributed by atoms with E-state index in [1.54, 1.807) is 0 Å². The Hall–Kier alpha value is -1.00. The molecule has 0 aliphatic carbocycles. The maximum Gasteiger partial charge on any atom is 0.216 e. The summed E-state index contributed by atoms with van der Waals surface area (Å²) in [6, 6.07) is 10.1. The first kappa shape index (κ1) is 14.9. The Labute approximate surface area is 138 Å². The third-order valence-corrected chi connectivity index (χ3v) is 4.29. The molecule has 110 valence electrons. The maximum absolute atomic E-state index is 6.20. The van der Waals surface area contributed by atoms with Crippen LogP contribution in [0.3, 0.4) is 0 Å². The van der Waals surface area contributed by atoms with Gasteiger partial charge in [-0.1, -0.05) is 65.1 Å². The van der Waals surface area contributed by atoms with E-state index in [9.17, 15) is 0 Å². The lowest BCUT2D eigenvalue weighted by atomic mass is 9.90. The lowest BCUT2D eigenvalue weighted by Crippen LogP contribution is -2.36. The van der Waals surface area contributed by atoms with E-state index in [-0.39, 0.29) is 6.04 Å². The van der Waals surface area contributed by atoms with Gasteiger partial charge in [0, 0.05) is 18.2 Å². The molecule has 1 heterocycles. The number of halogens is 3. The molecule has 3 nitrogen and oxygen atoms in total. The van der Waals surface area contributed by atoms with Crippen molar-refractivity contribution in [1.82, 2.24) is 11.0 Å². The molecular weight excluding hydrogens is 329 g/mol. The van der Waals surface area contributed by atoms with Crippen molar-refractivity contribution in [1.29, 1.82) is 0 Å². The number of hydrazone groups is 1. The van der Waals surface area contributed by atoms with Crippen LogP contribution in [-0.2, 0) is 3.79 Å². The van der Waals surface area contributed by atoms with Crippen molar-refractivity contribution in [2.24, 2.45) is 5.10 Å². The molecule has 0 aromatic heterocycles. The highest BCUT2D eigenvalue weighted by atomic mass is 35.6. The van der Waals surface area contributed by atoms with Crippen LogP contribution in [0.4, 0.5) is 0 Å². The van der Waals surface area contributed by atoms with Crippen molar-refractivity contribution in [3.05, 3.63) is 47.0 Å². The van der Waals surface area contributed by atoms with E-state index in [2.05, 4.69) is 28.2 Å². The average Bonchev–Trinajstić information content (AvgIpc) is 2.47. The normalized spacial score (nSPS) is 18.8. The van der Waals surface area contributed by atoms with Crippen LogP contribution in [0.15, 0.2) is 35.4 Å². The highest BCUT2D eigenvalue weighted by Crippen LogP contribution is 2.45. The fourth-order valence-electron chi connectivity index (χ4n) is 2.76. The number of hydrazine groups is 1. The minimum Gasteiger partial charge on any atom is -0.243 e. The highest BCUT2D eigenvalue weighted by molar-refractivity contribution is 6.66. The van der Waals surface area contributed by atoms with Crippen LogP contribution in [0.1, 0.15) is 29.2 Å². The summed E-state index contributed by atoms with van der Waals surface area (Å²) in [5.74, 6) is 0. The molecule has 0 saturated carbocycles. The molecule has 0 amide bonds. The van der Waals surface area contributed by atoms with Gasteiger partial charge in [0.15, 0.2) is 0 Å². The standard InChI is InChI=1S/C15H14Cl3N3/c1-9-8-12(15(16,17)18)14(13-6-7-19-21-20-13)11-5-3-2-4-10(9)11/h2-5,7-8,13,20-21H,6H2,1H3. The number of hydrogen-bond acceptors (Lipinski definition) is 3. The largest absolute Gasteiger partial charge is 0.243 e. The van der Waals surface area contributed by atoms with Crippen molar-refractivity contribution in [2.45, 2.75) is 23.2 Å². The molecule has 2 aromatic carbocycles. The number of benzene rings is 2. The second kappa shape index (κ2) is 5.65. The van der Waals surface area contributed by atoms with Crippen LogP contribution < -0.4 is 11.0 Å². The van der Waals surface area contributed by atoms with Gasteiger partial charge in [-0.3, -0.25) is 0 Å². The van der Waals surface area contributed by atoms with E-state index >= 15 is 0 Å². The van der Waals surface area contributed by atoms with Gasteiger partial charge in [0.05, 0.1) is 6.04 Å². The summed E-state index contributed by atoms with van der Waals surface area (Å²) >= 11 is 18.6. The molecule has 0 saturated heterocycles. The summed E-state index contributed by atoms with van der Waals surface area (Å²) in [5.41, 5.74) is 8.71. The summed E-state index contributed by atoms with van der Waals surface area (Å²) in [6.07, 6.45) is 2.55. The van der Waals surface area contributed by atoms with E-state index < -0.39 is 3.79 Å². The first-order valence-electron chi connectivity index (χ1n) is 6.60. The minimum absolute atomic E-state index is 0.00127. The topological polar surface area (TPSA) is 36.4 Å². The number of nitrogens with zero attached hydrogens (tertiary/aromatic N) is 1. The van der Waals surface area contributed by atoms with Gasteiger partial charge in [0.2, 0.25) is 3.79 Å². The van der Waals surface area contributed by atoms with Gasteiger partial charge in [-0.25, -0.2) is 11.0 Å². The average molecular weight is 343 g/mol. The van der Waals surface area contributed by atoms with E-state index in [0.29, 0.717) is 5.56 Å². The zero-order chi connectivity index (χ0) is 15.0. The molecule has 1 aliphatic heterocycles. The number of hydrogen-bond donors (Lipinski definition) is 2. The summed E-state index contributed by atoms with van der Waals surface area (Å²) in [7, 11) is 0. The van der Waals surface area contributed by atoms with Gasteiger partial charge < -0.3 is 0 Å². The molecular formula is C15H14Cl3N3. The maximum atomic E-state index is 6.20. The Morgan fingerprint density at radius 2 is 1.90 bits per heavy atom. The Morgan fingerprint density at radius 1 is 1.19 bits per heavy atom. The quantitative estimate of drug-likeness (QED) is 0.749. The zero-order valence-corrected chi connectivity index (χ0v) is 13.6. The summed E-state index contributed by atoms with van der Waals surface area (Å²) in [6.45, 7) is 2.03. The number of nitrogens with one attached hydrogen (secondary N) is 2. The first-order valence-corrected chi connectivity index (χ1v) is 7.73. The first-order chi connectivity index (χ1) is 9.98. The van der Waals surface area contributed by atoms with E-state index in [1.807, 2.05) is 31.3 Å². The van der Waals surface area contributed by atoms with Gasteiger partial charge in [-0.15, -0.1) is 0 Å². The molecule has 21 heavy (non-hydrogen) atoms. The van der Waals surface area contributed by atoms with E-state index in [1.165, 1.54) is 0 Å². The molecule has 6 heteroatoms. The van der Waals surface area contributed by atoms with Crippen LogP contribution in [0.2, 0.25) is 0 Å². The van der Waals surface area contributed by atoms with Crippen molar-refractivity contribution < 1.29 is 0 Å². The summed E-state index contributed by atoms with van der Waals surface area (Å²) < 4.78 is -1.47. The van der Waals surface area contributed by atoms with Gasteiger partial charge in [-0.05, 0) is 28.8 Å². The smallest absolute Gasteiger partial charge is 0.216 e. The summed E-state index contributed by atoms with van der Waals surface area (Å²) in [5, 5.41) is 6.21. The molecule has 1 aliphatic rings. The molecule has 1 unspecified atom stereocenters. The van der Waals surface area contributed by atoms with Crippen molar-refractivity contribution in [3.8, 4) is 0 Å². The SMILES string of the molecule is Cc1cc(C(Cl)(Cl)Cl)c(C2CC=NNN2)c2ccccc12. The van der Waals surface area contributed by atoms with E-state index in [0.717, 1.165) is 28.3 Å². The highest BCUT2D eigenvalue weighted by Gasteiger charge is 2.31.